The van der Waals surface area contributed by atoms with Gasteiger partial charge in [0.1, 0.15) is 6.67 Å². The second kappa shape index (κ2) is 4.60. The highest BCUT2D eigenvalue weighted by atomic mass is 19.1. The number of hydrogen-bond donors (Lipinski definition) is 1. The average molecular weight is 181 g/mol. The lowest BCUT2D eigenvalue weighted by molar-refractivity contribution is 0.0950. The highest BCUT2D eigenvalue weighted by Crippen LogP contribution is 2.05. The van der Waals surface area contributed by atoms with Crippen LogP contribution in [-0.4, -0.2) is 19.1 Å². The molecule has 3 heteroatoms. The molecule has 0 radical (unpaired) electrons. The van der Waals surface area contributed by atoms with E-state index >= 15 is 0 Å². The topological polar surface area (TPSA) is 29.1 Å². The Balaban J connectivity index is 2.71. The molecule has 0 unspecified atom stereocenters. The molecule has 0 aromatic heterocycles. The summed E-state index contributed by atoms with van der Waals surface area (Å²) in [5, 5.41) is 2.48. The molecule has 1 aromatic rings. The van der Waals surface area contributed by atoms with Gasteiger partial charge >= 0.3 is 0 Å². The van der Waals surface area contributed by atoms with Crippen LogP contribution >= 0.6 is 0 Å². The van der Waals surface area contributed by atoms with E-state index in [0.717, 1.165) is 5.56 Å². The van der Waals surface area contributed by atoms with Crippen molar-refractivity contribution in [3.05, 3.63) is 35.4 Å². The Bertz CT molecular complexity index is 299. The highest BCUT2D eigenvalue weighted by molar-refractivity contribution is 5.95. The molecule has 0 heterocycles. The van der Waals surface area contributed by atoms with Crippen molar-refractivity contribution in [1.82, 2.24) is 5.32 Å². The molecule has 0 bridgehead atoms. The van der Waals surface area contributed by atoms with Crippen LogP contribution in [0, 0.1) is 6.92 Å². The van der Waals surface area contributed by atoms with Crippen LogP contribution in [-0.2, 0) is 0 Å². The van der Waals surface area contributed by atoms with Crippen molar-refractivity contribution < 1.29 is 9.18 Å². The molecule has 1 N–H and O–H groups in total. The molecule has 13 heavy (non-hydrogen) atoms. The van der Waals surface area contributed by atoms with E-state index in [1.165, 1.54) is 0 Å². The predicted octanol–water partition coefficient (Wildman–Crippen LogP) is 1.69. The molecule has 0 aliphatic carbocycles. The zero-order valence-corrected chi connectivity index (χ0v) is 7.51. The second-order valence-electron chi connectivity index (χ2n) is 2.76. The Hall–Kier alpha value is -1.38. The number of amides is 1. The van der Waals surface area contributed by atoms with E-state index in [4.69, 9.17) is 0 Å². The number of alkyl halides is 1. The molecule has 70 valence electrons. The average Bonchev–Trinajstić information content (AvgIpc) is 2.15. The molecule has 1 amide bonds. The minimum atomic E-state index is -0.530. The van der Waals surface area contributed by atoms with Crippen molar-refractivity contribution in [2.24, 2.45) is 0 Å². The number of aryl methyl sites for hydroxylation is 1. The van der Waals surface area contributed by atoms with Crippen LogP contribution in [0.3, 0.4) is 0 Å². The van der Waals surface area contributed by atoms with Gasteiger partial charge in [0.05, 0.1) is 0 Å². The molecule has 0 spiro atoms. The lowest BCUT2D eigenvalue weighted by atomic mass is 10.1. The second-order valence-corrected chi connectivity index (χ2v) is 2.76. The number of carbonyl (C=O) groups excluding carboxylic acids is 1. The smallest absolute Gasteiger partial charge is 0.251 e. The molecule has 0 aliphatic rings. The molecule has 1 aromatic carbocycles. The molecule has 0 saturated heterocycles. The first kappa shape index (κ1) is 9.71. The summed E-state index contributed by atoms with van der Waals surface area (Å²) in [4.78, 5) is 11.3. The highest BCUT2D eigenvalue weighted by Gasteiger charge is 2.05. The first-order chi connectivity index (χ1) is 6.25. The maximum atomic E-state index is 11.8. The number of halogens is 1. The summed E-state index contributed by atoms with van der Waals surface area (Å²) in [6, 6.07) is 7.23. The number of benzene rings is 1. The van der Waals surface area contributed by atoms with Crippen LogP contribution in [0.2, 0.25) is 0 Å². The lowest BCUT2D eigenvalue weighted by Gasteiger charge is -2.04. The zero-order valence-electron chi connectivity index (χ0n) is 7.51. The van der Waals surface area contributed by atoms with Gasteiger partial charge in [-0.25, -0.2) is 4.39 Å². The van der Waals surface area contributed by atoms with Crippen LogP contribution in [0.1, 0.15) is 15.9 Å². The molecule has 2 nitrogen and oxygen atoms in total. The van der Waals surface area contributed by atoms with E-state index in [2.05, 4.69) is 5.32 Å². The van der Waals surface area contributed by atoms with Crippen molar-refractivity contribution >= 4 is 5.91 Å². The van der Waals surface area contributed by atoms with E-state index in [9.17, 15) is 9.18 Å². The Kier molecular flexibility index (Phi) is 3.43. The maximum absolute atomic E-state index is 11.8. The van der Waals surface area contributed by atoms with Gasteiger partial charge in [-0.3, -0.25) is 4.79 Å². The number of hydrogen-bond acceptors (Lipinski definition) is 1. The Morgan fingerprint density at radius 3 is 2.77 bits per heavy atom. The van der Waals surface area contributed by atoms with Crippen molar-refractivity contribution in [3.8, 4) is 0 Å². The van der Waals surface area contributed by atoms with E-state index < -0.39 is 6.67 Å². The van der Waals surface area contributed by atoms with Crippen LogP contribution in [0.25, 0.3) is 0 Å². The first-order valence-corrected chi connectivity index (χ1v) is 4.15. The SMILES string of the molecule is Cc1ccccc1C(=O)NCCF. The molecule has 0 aliphatic heterocycles. The standard InChI is InChI=1S/C10H12FNO/c1-8-4-2-3-5-9(8)10(13)12-7-6-11/h2-5H,6-7H2,1H3,(H,12,13). The fraction of sp³-hybridized carbons (Fsp3) is 0.300. The predicted molar refractivity (Wildman–Crippen MR) is 49.5 cm³/mol. The first-order valence-electron chi connectivity index (χ1n) is 4.15. The fourth-order valence-corrected chi connectivity index (χ4v) is 1.08. The molecule has 0 saturated carbocycles. The summed E-state index contributed by atoms with van der Waals surface area (Å²) in [7, 11) is 0. The number of carbonyl (C=O) groups is 1. The Morgan fingerprint density at radius 1 is 1.46 bits per heavy atom. The van der Waals surface area contributed by atoms with E-state index in [1.807, 2.05) is 19.1 Å². The van der Waals surface area contributed by atoms with Gasteiger partial charge in [-0.1, -0.05) is 18.2 Å². The summed E-state index contributed by atoms with van der Waals surface area (Å²) in [5.74, 6) is -0.212. The zero-order chi connectivity index (χ0) is 9.68. The van der Waals surface area contributed by atoms with Gasteiger partial charge < -0.3 is 5.32 Å². The van der Waals surface area contributed by atoms with Gasteiger partial charge in [-0.2, -0.15) is 0 Å². The largest absolute Gasteiger partial charge is 0.349 e. The van der Waals surface area contributed by atoms with Crippen LogP contribution < -0.4 is 5.32 Å². The third kappa shape index (κ3) is 2.54. The molecule has 0 atom stereocenters. The summed E-state index contributed by atoms with van der Waals surface area (Å²) < 4.78 is 11.8. The summed E-state index contributed by atoms with van der Waals surface area (Å²) in [5.41, 5.74) is 1.51. The Morgan fingerprint density at radius 2 is 2.15 bits per heavy atom. The molecule has 0 fully saturated rings. The third-order valence-electron chi connectivity index (χ3n) is 1.77. The third-order valence-corrected chi connectivity index (χ3v) is 1.77. The van der Waals surface area contributed by atoms with Crippen LogP contribution in [0.4, 0.5) is 4.39 Å². The molecular formula is C10H12FNO. The van der Waals surface area contributed by atoms with Gasteiger partial charge in [-0.15, -0.1) is 0 Å². The van der Waals surface area contributed by atoms with E-state index in [1.54, 1.807) is 12.1 Å². The molecular weight excluding hydrogens is 169 g/mol. The van der Waals surface area contributed by atoms with E-state index in [0.29, 0.717) is 5.56 Å². The van der Waals surface area contributed by atoms with Gasteiger partial charge in [-0.05, 0) is 18.6 Å². The van der Waals surface area contributed by atoms with Crippen molar-refractivity contribution in [3.63, 3.8) is 0 Å². The fourth-order valence-electron chi connectivity index (χ4n) is 1.08. The van der Waals surface area contributed by atoms with Gasteiger partial charge in [0.25, 0.3) is 5.91 Å². The number of rotatable bonds is 3. The van der Waals surface area contributed by atoms with Gasteiger partial charge in [0.15, 0.2) is 0 Å². The summed E-state index contributed by atoms with van der Waals surface area (Å²) in [6.45, 7) is 1.40. The normalized spacial score (nSPS) is 9.69. The lowest BCUT2D eigenvalue weighted by Crippen LogP contribution is -2.26. The van der Waals surface area contributed by atoms with Gasteiger partial charge in [0, 0.05) is 12.1 Å². The van der Waals surface area contributed by atoms with Crippen molar-refractivity contribution in [2.45, 2.75) is 6.92 Å². The Labute approximate surface area is 76.8 Å². The van der Waals surface area contributed by atoms with Crippen LogP contribution in [0.15, 0.2) is 24.3 Å². The number of nitrogens with one attached hydrogen (secondary N) is 1. The summed E-state index contributed by atoms with van der Waals surface area (Å²) >= 11 is 0. The van der Waals surface area contributed by atoms with Crippen LogP contribution in [0.5, 0.6) is 0 Å². The quantitative estimate of drug-likeness (QED) is 0.755. The van der Waals surface area contributed by atoms with Crippen molar-refractivity contribution in [1.29, 1.82) is 0 Å². The van der Waals surface area contributed by atoms with Gasteiger partial charge in [0.2, 0.25) is 0 Å². The minimum Gasteiger partial charge on any atom is -0.349 e. The monoisotopic (exact) mass is 181 g/mol. The van der Waals surface area contributed by atoms with E-state index in [-0.39, 0.29) is 12.5 Å². The maximum Gasteiger partial charge on any atom is 0.251 e. The minimum absolute atomic E-state index is 0.0766. The molecule has 1 rings (SSSR count). The van der Waals surface area contributed by atoms with Crippen molar-refractivity contribution in [2.75, 3.05) is 13.2 Å². The summed E-state index contributed by atoms with van der Waals surface area (Å²) in [6.07, 6.45) is 0.